The smallest absolute Gasteiger partial charge is 0.171 e. The molecule has 4 aromatic heterocycles. The molecule has 6 rings (SSSR count). The molecular formula is C25H21N7. The second kappa shape index (κ2) is 7.25. The molecule has 0 fully saturated rings. The largest absolute Gasteiger partial charge is 0.329 e. The third-order valence-electron chi connectivity index (χ3n) is 6.19. The van der Waals surface area contributed by atoms with Crippen molar-refractivity contribution in [3.8, 4) is 22.5 Å². The Labute approximate surface area is 184 Å². The Morgan fingerprint density at radius 1 is 1.06 bits per heavy atom. The van der Waals surface area contributed by atoms with Crippen LogP contribution >= 0.6 is 0 Å². The first-order valence-corrected chi connectivity index (χ1v) is 10.6. The number of pyridine rings is 2. The number of hydrogen-bond donors (Lipinski definition) is 2. The standard InChI is InChI=1S/C25H21N7/c26-16-25(10-5-2-6-11-25)22-19(17-7-3-1-4-8-17)13-20-21(29-22)9-12-32-23(30-31-24(20)32)18-14-27-28-15-18/h1-10,12-15H,11,16,26H2,(H,27,28). The summed E-state index contributed by atoms with van der Waals surface area (Å²) in [4.78, 5) is 5.18. The molecule has 7 nitrogen and oxygen atoms in total. The van der Waals surface area contributed by atoms with E-state index < -0.39 is 0 Å². The molecule has 0 saturated heterocycles. The van der Waals surface area contributed by atoms with E-state index in [-0.39, 0.29) is 5.41 Å². The molecule has 3 N–H and O–H groups in total. The number of aromatic nitrogens is 6. The van der Waals surface area contributed by atoms with Gasteiger partial charge >= 0.3 is 0 Å². The molecule has 1 aliphatic carbocycles. The normalized spacial score (nSPS) is 18.0. The predicted octanol–water partition coefficient (Wildman–Crippen LogP) is 4.05. The number of hydrogen-bond acceptors (Lipinski definition) is 5. The molecule has 0 spiro atoms. The summed E-state index contributed by atoms with van der Waals surface area (Å²) in [7, 11) is 0. The van der Waals surface area contributed by atoms with Crippen LogP contribution in [0, 0.1) is 0 Å². The number of benzene rings is 1. The van der Waals surface area contributed by atoms with Crippen LogP contribution in [0.3, 0.4) is 0 Å². The van der Waals surface area contributed by atoms with Gasteiger partial charge in [0.1, 0.15) is 0 Å². The highest BCUT2D eigenvalue weighted by Gasteiger charge is 2.33. The number of aromatic amines is 1. The van der Waals surface area contributed by atoms with Crippen LogP contribution in [0.1, 0.15) is 12.1 Å². The Morgan fingerprint density at radius 3 is 2.72 bits per heavy atom. The predicted molar refractivity (Wildman–Crippen MR) is 125 cm³/mol. The van der Waals surface area contributed by atoms with Gasteiger partial charge in [-0.25, -0.2) is 0 Å². The minimum Gasteiger partial charge on any atom is -0.329 e. The second-order valence-electron chi connectivity index (χ2n) is 8.05. The Morgan fingerprint density at radius 2 is 1.97 bits per heavy atom. The maximum absolute atomic E-state index is 6.35. The van der Waals surface area contributed by atoms with Gasteiger partial charge in [-0.2, -0.15) is 5.10 Å². The number of H-pyrrole nitrogens is 1. The summed E-state index contributed by atoms with van der Waals surface area (Å²) in [6.07, 6.45) is 14.8. The van der Waals surface area contributed by atoms with Crippen molar-refractivity contribution in [2.45, 2.75) is 11.8 Å². The van der Waals surface area contributed by atoms with Crippen LogP contribution < -0.4 is 5.73 Å². The van der Waals surface area contributed by atoms with Crippen molar-refractivity contribution in [2.24, 2.45) is 5.73 Å². The third kappa shape index (κ3) is 2.79. The number of nitrogens with zero attached hydrogens (tertiary/aromatic N) is 5. The molecule has 4 heterocycles. The van der Waals surface area contributed by atoms with Gasteiger partial charge in [-0.3, -0.25) is 14.5 Å². The van der Waals surface area contributed by atoms with Gasteiger partial charge in [0.2, 0.25) is 0 Å². The Hall–Kier alpha value is -4.10. The second-order valence-corrected chi connectivity index (χ2v) is 8.05. The molecule has 156 valence electrons. The van der Waals surface area contributed by atoms with Crippen LogP contribution in [0.15, 0.2) is 85.4 Å². The van der Waals surface area contributed by atoms with Gasteiger partial charge in [-0.1, -0.05) is 54.6 Å². The molecule has 0 radical (unpaired) electrons. The maximum atomic E-state index is 6.35. The Kier molecular flexibility index (Phi) is 4.22. The highest BCUT2D eigenvalue weighted by atomic mass is 15.3. The van der Waals surface area contributed by atoms with Crippen LogP contribution in [-0.4, -0.2) is 36.3 Å². The number of nitrogens with one attached hydrogen (secondary N) is 1. The molecule has 5 aromatic rings. The fourth-order valence-corrected chi connectivity index (χ4v) is 4.47. The van der Waals surface area contributed by atoms with E-state index in [0.717, 1.165) is 51.2 Å². The number of allylic oxidation sites excluding steroid dienone is 3. The summed E-state index contributed by atoms with van der Waals surface area (Å²) in [6, 6.07) is 14.5. The molecule has 1 aromatic carbocycles. The molecule has 1 atom stereocenters. The van der Waals surface area contributed by atoms with Crippen molar-refractivity contribution in [3.63, 3.8) is 0 Å². The van der Waals surface area contributed by atoms with E-state index in [9.17, 15) is 0 Å². The van der Waals surface area contributed by atoms with Crippen molar-refractivity contribution in [1.82, 2.24) is 29.8 Å². The Bertz CT molecular complexity index is 1480. The summed E-state index contributed by atoms with van der Waals surface area (Å²) < 4.78 is 1.98. The zero-order valence-corrected chi connectivity index (χ0v) is 17.3. The molecule has 0 amide bonds. The first-order valence-electron chi connectivity index (χ1n) is 10.6. The monoisotopic (exact) mass is 419 g/mol. The van der Waals surface area contributed by atoms with Gasteiger partial charge < -0.3 is 5.73 Å². The number of nitrogens with two attached hydrogens (primary N) is 1. The first-order chi connectivity index (χ1) is 15.8. The lowest BCUT2D eigenvalue weighted by molar-refractivity contribution is 0.537. The zero-order chi connectivity index (χ0) is 21.5. The van der Waals surface area contributed by atoms with Gasteiger partial charge in [0, 0.05) is 35.3 Å². The third-order valence-corrected chi connectivity index (χ3v) is 6.19. The van der Waals surface area contributed by atoms with Crippen molar-refractivity contribution < 1.29 is 0 Å². The van der Waals surface area contributed by atoms with E-state index in [0.29, 0.717) is 6.54 Å². The van der Waals surface area contributed by atoms with Crippen LogP contribution in [0.4, 0.5) is 0 Å². The highest BCUT2D eigenvalue weighted by Crippen LogP contribution is 2.39. The van der Waals surface area contributed by atoms with Crippen LogP contribution in [0.2, 0.25) is 0 Å². The van der Waals surface area contributed by atoms with E-state index in [4.69, 9.17) is 10.7 Å². The molecule has 0 aliphatic heterocycles. The molecular weight excluding hydrogens is 398 g/mol. The van der Waals surface area contributed by atoms with E-state index in [2.05, 4.69) is 62.9 Å². The molecule has 1 unspecified atom stereocenters. The van der Waals surface area contributed by atoms with Crippen LogP contribution in [-0.2, 0) is 5.41 Å². The molecule has 0 saturated carbocycles. The van der Waals surface area contributed by atoms with E-state index in [1.807, 2.05) is 41.1 Å². The minimum atomic E-state index is -0.351. The van der Waals surface area contributed by atoms with Crippen molar-refractivity contribution in [2.75, 3.05) is 6.54 Å². The first kappa shape index (κ1) is 18.7. The lowest BCUT2D eigenvalue weighted by atomic mass is 9.75. The average Bonchev–Trinajstić information content (AvgIpc) is 3.54. The summed E-state index contributed by atoms with van der Waals surface area (Å²) in [5, 5.41) is 16.7. The fraction of sp³-hybridized carbons (Fsp3) is 0.120. The van der Waals surface area contributed by atoms with E-state index in [1.54, 1.807) is 6.20 Å². The van der Waals surface area contributed by atoms with Crippen LogP contribution in [0.5, 0.6) is 0 Å². The van der Waals surface area contributed by atoms with Crippen LogP contribution in [0.25, 0.3) is 39.1 Å². The number of rotatable bonds is 4. The van der Waals surface area contributed by atoms with E-state index in [1.165, 1.54) is 0 Å². The highest BCUT2D eigenvalue weighted by molar-refractivity contribution is 5.95. The maximum Gasteiger partial charge on any atom is 0.171 e. The molecule has 32 heavy (non-hydrogen) atoms. The van der Waals surface area contributed by atoms with Crippen molar-refractivity contribution in [3.05, 3.63) is 91.1 Å². The SMILES string of the molecule is NCC1(c2nc3ccn4c(-c5cn[nH]c5)nnc4c3cc2-c2ccccc2)C=CC=CC1. The molecule has 7 heteroatoms. The van der Waals surface area contributed by atoms with Gasteiger partial charge in [-0.05, 0) is 24.1 Å². The summed E-state index contributed by atoms with van der Waals surface area (Å²) in [5.41, 5.74) is 11.7. The van der Waals surface area contributed by atoms with Gasteiger partial charge in [0.25, 0.3) is 0 Å². The zero-order valence-electron chi connectivity index (χ0n) is 17.3. The number of fused-ring (bicyclic) bond motifs is 3. The summed E-state index contributed by atoms with van der Waals surface area (Å²) in [5.74, 6) is 0.736. The van der Waals surface area contributed by atoms with Gasteiger partial charge in [-0.15, -0.1) is 10.2 Å². The quantitative estimate of drug-likeness (QED) is 0.458. The topological polar surface area (TPSA) is 97.8 Å². The van der Waals surface area contributed by atoms with E-state index >= 15 is 0 Å². The average molecular weight is 419 g/mol. The van der Waals surface area contributed by atoms with Gasteiger partial charge in [0.15, 0.2) is 11.5 Å². The lowest BCUT2D eigenvalue weighted by Gasteiger charge is -2.31. The summed E-state index contributed by atoms with van der Waals surface area (Å²) >= 11 is 0. The summed E-state index contributed by atoms with van der Waals surface area (Å²) in [6.45, 7) is 0.476. The fourth-order valence-electron chi connectivity index (χ4n) is 4.47. The van der Waals surface area contributed by atoms with Crippen molar-refractivity contribution >= 4 is 16.6 Å². The van der Waals surface area contributed by atoms with Crippen molar-refractivity contribution in [1.29, 1.82) is 0 Å². The lowest BCUT2D eigenvalue weighted by Crippen LogP contribution is -2.35. The molecule has 0 bridgehead atoms. The minimum absolute atomic E-state index is 0.351. The molecule has 1 aliphatic rings. The van der Waals surface area contributed by atoms with Gasteiger partial charge in [0.05, 0.1) is 23.0 Å². The Balaban J connectivity index is 1.66.